The van der Waals surface area contributed by atoms with Crippen molar-refractivity contribution in [3.05, 3.63) is 40.8 Å². The molecule has 108 valence electrons. The number of nitrogens with zero attached hydrogens (tertiary/aromatic N) is 7. The summed E-state index contributed by atoms with van der Waals surface area (Å²) in [6.07, 6.45) is 6.40. The smallest absolute Gasteiger partial charge is 0.306 e. The first-order valence-electron chi connectivity index (χ1n) is 6.10. The predicted molar refractivity (Wildman–Crippen MR) is 69.1 cm³/mol. The molecule has 10 nitrogen and oxygen atoms in total. The average Bonchev–Trinajstić information content (AvgIpc) is 3.16. The van der Waals surface area contributed by atoms with Gasteiger partial charge in [-0.2, -0.15) is 10.2 Å². The Morgan fingerprint density at radius 2 is 2.14 bits per heavy atom. The number of nitro groups is 1. The first-order valence-corrected chi connectivity index (χ1v) is 6.10. The van der Waals surface area contributed by atoms with Gasteiger partial charge >= 0.3 is 5.69 Å². The van der Waals surface area contributed by atoms with Gasteiger partial charge in [-0.05, 0) is 0 Å². The average molecular weight is 289 g/mol. The van der Waals surface area contributed by atoms with Gasteiger partial charge in [0.2, 0.25) is 5.89 Å². The highest BCUT2D eigenvalue weighted by Gasteiger charge is 2.12. The molecule has 0 aliphatic heterocycles. The Kier molecular flexibility index (Phi) is 3.18. The number of hydrogen-bond acceptors (Lipinski definition) is 7. The molecule has 0 N–H and O–H groups in total. The summed E-state index contributed by atoms with van der Waals surface area (Å²) >= 11 is 0. The molecule has 0 aromatic carbocycles. The largest absolute Gasteiger partial charge is 0.421 e. The van der Waals surface area contributed by atoms with Gasteiger partial charge in [0.05, 0.1) is 16.7 Å². The van der Waals surface area contributed by atoms with Gasteiger partial charge in [0.15, 0.2) is 0 Å². The van der Waals surface area contributed by atoms with Gasteiger partial charge < -0.3 is 4.42 Å². The van der Waals surface area contributed by atoms with Crippen LogP contribution in [0.3, 0.4) is 0 Å². The molecular formula is C11H11N7O3. The minimum absolute atomic E-state index is 0.0448. The van der Waals surface area contributed by atoms with Gasteiger partial charge in [-0.25, -0.2) is 0 Å². The van der Waals surface area contributed by atoms with Gasteiger partial charge in [-0.3, -0.25) is 19.5 Å². The summed E-state index contributed by atoms with van der Waals surface area (Å²) in [6, 6.07) is 0. The Morgan fingerprint density at radius 3 is 2.81 bits per heavy atom. The minimum Gasteiger partial charge on any atom is -0.421 e. The molecule has 0 bridgehead atoms. The number of aromatic nitrogens is 6. The highest BCUT2D eigenvalue weighted by molar-refractivity contribution is 5.48. The molecule has 0 unspecified atom stereocenters. The van der Waals surface area contributed by atoms with Crippen LogP contribution in [-0.4, -0.2) is 34.7 Å². The molecule has 3 aromatic heterocycles. The summed E-state index contributed by atoms with van der Waals surface area (Å²) in [5, 5.41) is 26.3. The van der Waals surface area contributed by atoms with Crippen molar-refractivity contribution in [1.29, 1.82) is 0 Å². The Hall–Kier alpha value is -3.04. The van der Waals surface area contributed by atoms with Crippen molar-refractivity contribution >= 4 is 5.69 Å². The van der Waals surface area contributed by atoms with Crippen LogP contribution in [0.25, 0.3) is 11.5 Å². The lowest BCUT2D eigenvalue weighted by molar-refractivity contribution is -0.385. The third-order valence-corrected chi connectivity index (χ3v) is 2.80. The van der Waals surface area contributed by atoms with E-state index in [0.717, 1.165) is 5.56 Å². The van der Waals surface area contributed by atoms with Crippen LogP contribution in [0.15, 0.2) is 29.2 Å². The number of hydrogen-bond donors (Lipinski definition) is 0. The van der Waals surface area contributed by atoms with Gasteiger partial charge in [-0.15, -0.1) is 10.2 Å². The Morgan fingerprint density at radius 1 is 1.29 bits per heavy atom. The normalized spacial score (nSPS) is 10.9. The third kappa shape index (κ3) is 2.78. The summed E-state index contributed by atoms with van der Waals surface area (Å²) in [6.45, 7) is 0.419. The maximum absolute atomic E-state index is 10.6. The lowest BCUT2D eigenvalue weighted by atomic mass is 10.4. The minimum atomic E-state index is -0.489. The second kappa shape index (κ2) is 5.15. The van der Waals surface area contributed by atoms with Crippen LogP contribution in [0, 0.1) is 10.1 Å². The monoisotopic (exact) mass is 289 g/mol. The fourth-order valence-corrected chi connectivity index (χ4v) is 1.78. The summed E-state index contributed by atoms with van der Waals surface area (Å²) in [7, 11) is 1.80. The number of rotatable bonds is 5. The summed E-state index contributed by atoms with van der Waals surface area (Å²) in [5.41, 5.74) is 0.697. The second-order valence-electron chi connectivity index (χ2n) is 4.37. The molecular weight excluding hydrogens is 278 g/mol. The summed E-state index contributed by atoms with van der Waals surface area (Å²) in [5.74, 6) is 0.830. The van der Waals surface area contributed by atoms with E-state index in [1.54, 1.807) is 24.1 Å². The zero-order valence-corrected chi connectivity index (χ0v) is 11.1. The van der Waals surface area contributed by atoms with Crippen LogP contribution in [0.5, 0.6) is 0 Å². The molecule has 0 atom stereocenters. The van der Waals surface area contributed by atoms with Crippen molar-refractivity contribution in [1.82, 2.24) is 29.8 Å². The quantitative estimate of drug-likeness (QED) is 0.504. The van der Waals surface area contributed by atoms with E-state index in [1.165, 1.54) is 17.1 Å². The molecule has 0 radical (unpaired) electrons. The van der Waals surface area contributed by atoms with Crippen molar-refractivity contribution in [3.63, 3.8) is 0 Å². The highest BCUT2D eigenvalue weighted by Crippen LogP contribution is 2.17. The molecule has 0 fully saturated rings. The van der Waals surface area contributed by atoms with Crippen LogP contribution in [0.2, 0.25) is 0 Å². The molecule has 10 heteroatoms. The molecule has 3 aromatic rings. The standard InChI is InChI=1S/C11H11N7O3/c1-16-6-8(4-12-16)11-15-14-10(21-11)2-3-17-7-9(5-13-17)18(19)20/h4-7H,2-3H2,1H3. The lowest BCUT2D eigenvalue weighted by Gasteiger charge is -1.95. The maximum Gasteiger partial charge on any atom is 0.306 e. The fraction of sp³-hybridized carbons (Fsp3) is 0.273. The molecule has 0 saturated heterocycles. The van der Waals surface area contributed by atoms with Crippen molar-refractivity contribution in [2.24, 2.45) is 7.05 Å². The first-order chi connectivity index (χ1) is 10.1. The van der Waals surface area contributed by atoms with E-state index in [9.17, 15) is 10.1 Å². The van der Waals surface area contributed by atoms with Gasteiger partial charge in [-0.1, -0.05) is 0 Å². The Bertz CT molecular complexity index is 772. The van der Waals surface area contributed by atoms with Crippen molar-refractivity contribution in [2.75, 3.05) is 0 Å². The second-order valence-corrected chi connectivity index (χ2v) is 4.37. The van der Waals surface area contributed by atoms with Crippen molar-refractivity contribution in [2.45, 2.75) is 13.0 Å². The van der Waals surface area contributed by atoms with Crippen molar-refractivity contribution < 1.29 is 9.34 Å². The van der Waals surface area contributed by atoms with Crippen molar-refractivity contribution in [3.8, 4) is 11.5 Å². The maximum atomic E-state index is 10.6. The van der Waals surface area contributed by atoms with Gasteiger partial charge in [0.25, 0.3) is 5.89 Å². The van der Waals surface area contributed by atoms with Gasteiger partial charge in [0.1, 0.15) is 12.4 Å². The van der Waals surface area contributed by atoms with Gasteiger partial charge in [0, 0.05) is 26.2 Å². The fourth-order valence-electron chi connectivity index (χ4n) is 1.78. The first kappa shape index (κ1) is 13.0. The van der Waals surface area contributed by atoms with E-state index in [2.05, 4.69) is 20.4 Å². The third-order valence-electron chi connectivity index (χ3n) is 2.80. The van der Waals surface area contributed by atoms with E-state index < -0.39 is 4.92 Å². The van der Waals surface area contributed by atoms with E-state index in [-0.39, 0.29) is 5.69 Å². The van der Waals surface area contributed by atoms with E-state index in [1.807, 2.05) is 0 Å². The number of aryl methyl sites for hydroxylation is 3. The highest BCUT2D eigenvalue weighted by atomic mass is 16.6. The molecule has 3 heterocycles. The SMILES string of the molecule is Cn1cc(-c2nnc(CCn3cc([N+](=O)[O-])cn3)o2)cn1. The van der Waals surface area contributed by atoms with Crippen LogP contribution in [0.4, 0.5) is 5.69 Å². The lowest BCUT2D eigenvalue weighted by Crippen LogP contribution is -2.01. The topological polar surface area (TPSA) is 118 Å². The van der Waals surface area contributed by atoms with E-state index in [4.69, 9.17) is 4.42 Å². The predicted octanol–water partition coefficient (Wildman–Crippen LogP) is 0.817. The van der Waals surface area contributed by atoms with Crippen LogP contribution in [0.1, 0.15) is 5.89 Å². The Balaban J connectivity index is 1.65. The summed E-state index contributed by atoms with van der Waals surface area (Å²) in [4.78, 5) is 10.1. The molecule has 0 aliphatic rings. The zero-order chi connectivity index (χ0) is 14.8. The molecule has 21 heavy (non-hydrogen) atoms. The van der Waals surface area contributed by atoms with Crippen LogP contribution in [-0.2, 0) is 20.0 Å². The van der Waals surface area contributed by atoms with E-state index >= 15 is 0 Å². The molecule has 0 spiro atoms. The molecule has 0 saturated carbocycles. The van der Waals surface area contributed by atoms with Crippen LogP contribution >= 0.6 is 0 Å². The molecule has 3 rings (SSSR count). The summed E-state index contributed by atoms with van der Waals surface area (Å²) < 4.78 is 8.61. The Labute approximate surface area is 118 Å². The van der Waals surface area contributed by atoms with Crippen LogP contribution < -0.4 is 0 Å². The molecule has 0 aliphatic carbocycles. The van der Waals surface area contributed by atoms with E-state index in [0.29, 0.717) is 24.7 Å². The molecule has 0 amide bonds. The zero-order valence-electron chi connectivity index (χ0n) is 11.1.